The summed E-state index contributed by atoms with van der Waals surface area (Å²) < 4.78 is 41.3. The third kappa shape index (κ3) is 3.85. The Kier molecular flexibility index (Phi) is 5.33. The zero-order chi connectivity index (χ0) is 17.2. The molecular weight excluding hydrogens is 325 g/mol. The van der Waals surface area contributed by atoms with Crippen LogP contribution in [0.5, 0.6) is 0 Å². The molecule has 1 saturated carbocycles. The number of nitro benzene ring substituents is 1. The van der Waals surface area contributed by atoms with Crippen LogP contribution < -0.4 is 10.5 Å². The predicted molar refractivity (Wildman–Crippen MR) is 82.9 cm³/mol. The molecule has 23 heavy (non-hydrogen) atoms. The Morgan fingerprint density at radius 3 is 2.65 bits per heavy atom. The molecule has 1 aliphatic carbocycles. The topological polar surface area (TPSA) is 115 Å². The molecule has 2 atom stereocenters. The van der Waals surface area contributed by atoms with E-state index in [9.17, 15) is 22.9 Å². The summed E-state index contributed by atoms with van der Waals surface area (Å²) in [5.41, 5.74) is 4.93. The molecule has 0 amide bonds. The van der Waals surface area contributed by atoms with Gasteiger partial charge in [0.15, 0.2) is 0 Å². The molecule has 128 valence electrons. The van der Waals surface area contributed by atoms with Gasteiger partial charge in [-0.15, -0.1) is 0 Å². The fourth-order valence-electron chi connectivity index (χ4n) is 2.90. The Morgan fingerprint density at radius 2 is 2.04 bits per heavy atom. The van der Waals surface area contributed by atoms with Gasteiger partial charge in [-0.05, 0) is 38.3 Å². The molecular formula is C14H20FN3O4S. The molecule has 9 heteroatoms. The first-order chi connectivity index (χ1) is 10.8. The Labute approximate surface area is 134 Å². The van der Waals surface area contributed by atoms with E-state index in [1.807, 2.05) is 0 Å². The predicted octanol–water partition coefficient (Wildman–Crippen LogP) is 1.84. The average Bonchev–Trinajstić information content (AvgIpc) is 2.49. The smallest absolute Gasteiger partial charge is 0.276 e. The van der Waals surface area contributed by atoms with Crippen molar-refractivity contribution < 1.29 is 17.7 Å². The van der Waals surface area contributed by atoms with E-state index in [0.29, 0.717) is 13.0 Å². The quantitative estimate of drug-likeness (QED) is 0.624. The maximum atomic E-state index is 13.8. The second-order valence-electron chi connectivity index (χ2n) is 5.81. The van der Waals surface area contributed by atoms with Crippen molar-refractivity contribution in [2.24, 2.45) is 11.7 Å². The highest BCUT2D eigenvalue weighted by Crippen LogP contribution is 2.28. The third-order valence-electron chi connectivity index (χ3n) is 4.32. The zero-order valence-corrected chi connectivity index (χ0v) is 13.6. The highest BCUT2D eigenvalue weighted by molar-refractivity contribution is 7.89. The van der Waals surface area contributed by atoms with Gasteiger partial charge in [-0.2, -0.15) is 0 Å². The lowest BCUT2D eigenvalue weighted by Crippen LogP contribution is -2.44. The fraction of sp³-hybridized carbons (Fsp3) is 0.571. The van der Waals surface area contributed by atoms with Gasteiger partial charge in [0.1, 0.15) is 5.82 Å². The number of sulfonamides is 1. The van der Waals surface area contributed by atoms with Crippen molar-refractivity contribution in [1.82, 2.24) is 4.72 Å². The summed E-state index contributed by atoms with van der Waals surface area (Å²) >= 11 is 0. The SMILES string of the molecule is Cc1c(F)cc(S(=O)(=O)NC2CCCCC2CN)cc1[N+](=O)[O-]. The van der Waals surface area contributed by atoms with E-state index in [1.165, 1.54) is 6.92 Å². The van der Waals surface area contributed by atoms with Gasteiger partial charge in [0.05, 0.1) is 15.4 Å². The number of benzene rings is 1. The molecule has 1 aromatic carbocycles. The number of rotatable bonds is 5. The van der Waals surface area contributed by atoms with Crippen LogP contribution in [-0.4, -0.2) is 25.9 Å². The van der Waals surface area contributed by atoms with Crippen molar-refractivity contribution >= 4 is 15.7 Å². The summed E-state index contributed by atoms with van der Waals surface area (Å²) in [6.07, 6.45) is 3.35. The molecule has 0 saturated heterocycles. The van der Waals surface area contributed by atoms with Crippen molar-refractivity contribution in [3.8, 4) is 0 Å². The first-order valence-corrected chi connectivity index (χ1v) is 8.91. The normalized spacial score (nSPS) is 22.0. The molecule has 1 fully saturated rings. The zero-order valence-electron chi connectivity index (χ0n) is 12.8. The molecule has 0 radical (unpaired) electrons. The van der Waals surface area contributed by atoms with E-state index >= 15 is 0 Å². The van der Waals surface area contributed by atoms with E-state index < -0.39 is 31.3 Å². The molecule has 7 nitrogen and oxygen atoms in total. The number of hydrogen-bond donors (Lipinski definition) is 2. The molecule has 0 aromatic heterocycles. The Bertz CT molecular complexity index is 708. The highest BCUT2D eigenvalue weighted by atomic mass is 32.2. The minimum absolute atomic E-state index is 0.0174. The fourth-order valence-corrected chi connectivity index (χ4v) is 4.27. The number of hydrogen-bond acceptors (Lipinski definition) is 5. The van der Waals surface area contributed by atoms with Crippen LogP contribution in [0.1, 0.15) is 31.2 Å². The number of nitro groups is 1. The van der Waals surface area contributed by atoms with Gasteiger partial charge in [0.2, 0.25) is 10.0 Å². The summed E-state index contributed by atoms with van der Waals surface area (Å²) in [7, 11) is -4.05. The van der Waals surface area contributed by atoms with Crippen molar-refractivity contribution in [2.45, 2.75) is 43.5 Å². The Hall–Kier alpha value is -1.58. The molecule has 2 unspecified atom stereocenters. The summed E-state index contributed by atoms with van der Waals surface area (Å²) in [6, 6.07) is 1.37. The summed E-state index contributed by atoms with van der Waals surface area (Å²) in [6.45, 7) is 1.60. The van der Waals surface area contributed by atoms with Gasteiger partial charge < -0.3 is 5.73 Å². The summed E-state index contributed by atoms with van der Waals surface area (Å²) in [5.74, 6) is -0.901. The number of nitrogens with one attached hydrogen (secondary N) is 1. The lowest BCUT2D eigenvalue weighted by atomic mass is 9.85. The van der Waals surface area contributed by atoms with E-state index in [1.54, 1.807) is 0 Å². The van der Waals surface area contributed by atoms with Crippen LogP contribution in [0.4, 0.5) is 10.1 Å². The second-order valence-corrected chi connectivity index (χ2v) is 7.53. The third-order valence-corrected chi connectivity index (χ3v) is 5.79. The molecule has 1 aliphatic rings. The molecule has 2 rings (SSSR count). The van der Waals surface area contributed by atoms with E-state index in [-0.39, 0.29) is 17.5 Å². The summed E-state index contributed by atoms with van der Waals surface area (Å²) in [4.78, 5) is 9.72. The van der Waals surface area contributed by atoms with Crippen molar-refractivity contribution in [3.63, 3.8) is 0 Å². The van der Waals surface area contributed by atoms with Gasteiger partial charge in [0.25, 0.3) is 5.69 Å². The van der Waals surface area contributed by atoms with Gasteiger partial charge in [-0.1, -0.05) is 12.8 Å². The monoisotopic (exact) mass is 345 g/mol. The van der Waals surface area contributed by atoms with Crippen LogP contribution in [0.25, 0.3) is 0 Å². The second kappa shape index (κ2) is 6.90. The van der Waals surface area contributed by atoms with Crippen molar-refractivity contribution in [3.05, 3.63) is 33.6 Å². The number of nitrogens with two attached hydrogens (primary N) is 1. The average molecular weight is 345 g/mol. The first-order valence-electron chi connectivity index (χ1n) is 7.43. The maximum absolute atomic E-state index is 13.8. The van der Waals surface area contributed by atoms with Crippen LogP contribution in [-0.2, 0) is 10.0 Å². The minimum Gasteiger partial charge on any atom is -0.330 e. The van der Waals surface area contributed by atoms with Gasteiger partial charge >= 0.3 is 0 Å². The molecule has 0 aliphatic heterocycles. The molecule has 1 aromatic rings. The standard InChI is InChI=1S/C14H20FN3O4S/c1-9-12(15)6-11(7-14(9)18(19)20)23(21,22)17-13-5-3-2-4-10(13)8-16/h6-7,10,13,17H,2-5,8,16H2,1H3. The molecule has 0 heterocycles. The molecule has 3 N–H and O–H groups in total. The van der Waals surface area contributed by atoms with E-state index in [4.69, 9.17) is 5.73 Å². The summed E-state index contributed by atoms with van der Waals surface area (Å²) in [5, 5.41) is 10.9. The minimum atomic E-state index is -4.05. The van der Waals surface area contributed by atoms with Crippen LogP contribution >= 0.6 is 0 Å². The van der Waals surface area contributed by atoms with Crippen LogP contribution in [0.2, 0.25) is 0 Å². The number of halogens is 1. The largest absolute Gasteiger partial charge is 0.330 e. The van der Waals surface area contributed by atoms with Crippen molar-refractivity contribution in [1.29, 1.82) is 0 Å². The lowest BCUT2D eigenvalue weighted by molar-refractivity contribution is -0.385. The Balaban J connectivity index is 2.34. The van der Waals surface area contributed by atoms with Crippen LogP contribution in [0.15, 0.2) is 17.0 Å². The van der Waals surface area contributed by atoms with Crippen molar-refractivity contribution in [2.75, 3.05) is 6.54 Å². The highest BCUT2D eigenvalue weighted by Gasteiger charge is 2.30. The molecule has 0 spiro atoms. The maximum Gasteiger partial charge on any atom is 0.276 e. The first kappa shape index (κ1) is 17.8. The van der Waals surface area contributed by atoms with Gasteiger partial charge in [-0.25, -0.2) is 17.5 Å². The Morgan fingerprint density at radius 1 is 1.39 bits per heavy atom. The van der Waals surface area contributed by atoms with Crippen LogP contribution in [0, 0.1) is 28.8 Å². The number of nitrogens with zero attached hydrogens (tertiary/aromatic N) is 1. The molecule has 0 bridgehead atoms. The van der Waals surface area contributed by atoms with Gasteiger partial charge in [-0.3, -0.25) is 10.1 Å². The van der Waals surface area contributed by atoms with E-state index in [2.05, 4.69) is 4.72 Å². The lowest BCUT2D eigenvalue weighted by Gasteiger charge is -2.31. The van der Waals surface area contributed by atoms with Gasteiger partial charge in [0, 0.05) is 12.1 Å². The van der Waals surface area contributed by atoms with E-state index in [0.717, 1.165) is 31.4 Å². The van der Waals surface area contributed by atoms with Crippen LogP contribution in [0.3, 0.4) is 0 Å².